The van der Waals surface area contributed by atoms with Crippen LogP contribution in [-0.4, -0.2) is 32.0 Å². The second kappa shape index (κ2) is 5.93. The number of benzene rings is 1. The van der Waals surface area contributed by atoms with Gasteiger partial charge in [-0.2, -0.15) is 0 Å². The summed E-state index contributed by atoms with van der Waals surface area (Å²) in [6, 6.07) is 4.45. The Balaban J connectivity index is 2.06. The Labute approximate surface area is 117 Å². The van der Waals surface area contributed by atoms with E-state index in [1.54, 1.807) is 18.6 Å². The molecule has 2 rings (SSSR count). The molecule has 0 amide bonds. The molecule has 1 aromatic carbocycles. The van der Waals surface area contributed by atoms with Gasteiger partial charge in [0.15, 0.2) is 0 Å². The number of anilines is 1. The average molecular weight is 296 g/mol. The number of H-pyrrole nitrogens is 1. The number of nitrogens with two attached hydrogens (primary N) is 1. The molecule has 1 heterocycles. The van der Waals surface area contributed by atoms with Crippen LogP contribution in [-0.2, 0) is 16.4 Å². The standard InChI is InChI=1S/C12H16N4O3S/c1-19-10-2-3-12(11(13)6-10)20(17,18)16-5-4-9-7-14-8-15-9/h2-3,6-8,16H,4-5,13H2,1H3,(H,14,15). The first-order chi connectivity index (χ1) is 9.53. The number of nitrogens with one attached hydrogen (secondary N) is 2. The summed E-state index contributed by atoms with van der Waals surface area (Å²) in [6.07, 6.45) is 3.72. The zero-order valence-electron chi connectivity index (χ0n) is 11.0. The Morgan fingerprint density at radius 2 is 2.25 bits per heavy atom. The highest BCUT2D eigenvalue weighted by atomic mass is 32.2. The van der Waals surface area contributed by atoms with Gasteiger partial charge in [-0.3, -0.25) is 0 Å². The van der Waals surface area contributed by atoms with Gasteiger partial charge < -0.3 is 15.5 Å². The molecule has 20 heavy (non-hydrogen) atoms. The highest BCUT2D eigenvalue weighted by Crippen LogP contribution is 2.23. The van der Waals surface area contributed by atoms with E-state index in [1.807, 2.05) is 0 Å². The fourth-order valence-electron chi connectivity index (χ4n) is 1.72. The van der Waals surface area contributed by atoms with E-state index in [1.165, 1.54) is 19.2 Å². The van der Waals surface area contributed by atoms with E-state index in [0.29, 0.717) is 12.2 Å². The van der Waals surface area contributed by atoms with Gasteiger partial charge in [0.25, 0.3) is 0 Å². The second-order valence-corrected chi connectivity index (χ2v) is 5.86. The van der Waals surface area contributed by atoms with Crippen molar-refractivity contribution < 1.29 is 13.2 Å². The minimum Gasteiger partial charge on any atom is -0.497 e. The predicted octanol–water partition coefficient (Wildman–Crippen LogP) is 0.521. The zero-order chi connectivity index (χ0) is 14.6. The molecule has 0 fully saturated rings. The molecule has 8 heteroatoms. The molecule has 0 aliphatic rings. The SMILES string of the molecule is COc1ccc(S(=O)(=O)NCCc2cnc[nH]2)c(N)c1. The number of aromatic amines is 1. The van der Waals surface area contributed by atoms with Gasteiger partial charge in [0, 0.05) is 30.9 Å². The molecule has 0 atom stereocenters. The van der Waals surface area contributed by atoms with Gasteiger partial charge in [-0.1, -0.05) is 0 Å². The summed E-state index contributed by atoms with van der Waals surface area (Å²) in [4.78, 5) is 6.81. The quantitative estimate of drug-likeness (QED) is 0.673. The molecule has 1 aromatic heterocycles. The van der Waals surface area contributed by atoms with Crippen molar-refractivity contribution in [2.24, 2.45) is 0 Å². The molecule has 0 saturated heterocycles. The number of aromatic nitrogens is 2. The van der Waals surface area contributed by atoms with Crippen molar-refractivity contribution in [3.8, 4) is 5.75 Å². The van der Waals surface area contributed by atoms with Gasteiger partial charge in [-0.05, 0) is 12.1 Å². The van der Waals surface area contributed by atoms with E-state index in [-0.39, 0.29) is 17.1 Å². The molecule has 0 radical (unpaired) electrons. The van der Waals surface area contributed by atoms with Crippen molar-refractivity contribution in [2.45, 2.75) is 11.3 Å². The zero-order valence-corrected chi connectivity index (χ0v) is 11.8. The Morgan fingerprint density at radius 1 is 1.45 bits per heavy atom. The summed E-state index contributed by atoms with van der Waals surface area (Å²) >= 11 is 0. The van der Waals surface area contributed by atoms with Crippen LogP contribution in [0, 0.1) is 0 Å². The lowest BCUT2D eigenvalue weighted by Gasteiger charge is -2.10. The fourth-order valence-corrected chi connectivity index (χ4v) is 2.86. The third kappa shape index (κ3) is 3.28. The molecule has 0 aliphatic carbocycles. The second-order valence-electron chi connectivity index (χ2n) is 4.13. The monoisotopic (exact) mass is 296 g/mol. The maximum atomic E-state index is 12.1. The number of methoxy groups -OCH3 is 1. The van der Waals surface area contributed by atoms with Gasteiger partial charge >= 0.3 is 0 Å². The molecule has 0 unspecified atom stereocenters. The summed E-state index contributed by atoms with van der Waals surface area (Å²) in [6.45, 7) is 0.260. The number of imidazole rings is 1. The normalized spacial score (nSPS) is 11.4. The van der Waals surface area contributed by atoms with Crippen molar-refractivity contribution in [2.75, 3.05) is 19.4 Å². The lowest BCUT2D eigenvalue weighted by atomic mass is 10.3. The number of hydrogen-bond acceptors (Lipinski definition) is 5. The van der Waals surface area contributed by atoms with Crippen molar-refractivity contribution >= 4 is 15.7 Å². The molecule has 0 aliphatic heterocycles. The topological polar surface area (TPSA) is 110 Å². The average Bonchev–Trinajstić information content (AvgIpc) is 2.91. The number of ether oxygens (including phenoxy) is 1. The van der Waals surface area contributed by atoms with Crippen LogP contribution >= 0.6 is 0 Å². The summed E-state index contributed by atoms with van der Waals surface area (Å²) in [7, 11) is -2.14. The summed E-state index contributed by atoms with van der Waals surface area (Å²) in [5.41, 5.74) is 6.74. The molecule has 0 spiro atoms. The highest BCUT2D eigenvalue weighted by molar-refractivity contribution is 7.89. The van der Waals surface area contributed by atoms with Crippen molar-refractivity contribution in [3.63, 3.8) is 0 Å². The molecule has 108 valence electrons. The number of hydrogen-bond donors (Lipinski definition) is 3. The smallest absolute Gasteiger partial charge is 0.242 e. The summed E-state index contributed by atoms with van der Waals surface area (Å²) in [5, 5.41) is 0. The van der Waals surface area contributed by atoms with Crippen LogP contribution in [0.1, 0.15) is 5.69 Å². The minimum absolute atomic E-state index is 0.0444. The van der Waals surface area contributed by atoms with Gasteiger partial charge in [0.05, 0.1) is 19.1 Å². The van der Waals surface area contributed by atoms with Crippen LogP contribution in [0.3, 0.4) is 0 Å². The van der Waals surface area contributed by atoms with Crippen LogP contribution in [0.2, 0.25) is 0 Å². The van der Waals surface area contributed by atoms with E-state index in [0.717, 1.165) is 5.69 Å². The summed E-state index contributed by atoms with van der Waals surface area (Å²) < 4.78 is 31.7. The third-order valence-corrected chi connectivity index (χ3v) is 4.28. The number of sulfonamides is 1. The first kappa shape index (κ1) is 14.4. The number of nitrogen functional groups attached to an aromatic ring is 1. The summed E-state index contributed by atoms with van der Waals surface area (Å²) in [5.74, 6) is 0.513. The third-order valence-electron chi connectivity index (χ3n) is 2.75. The van der Waals surface area contributed by atoms with Crippen LogP contribution in [0.15, 0.2) is 35.6 Å². The first-order valence-electron chi connectivity index (χ1n) is 5.93. The van der Waals surface area contributed by atoms with Crippen LogP contribution in [0.4, 0.5) is 5.69 Å². The maximum absolute atomic E-state index is 12.1. The fraction of sp³-hybridized carbons (Fsp3) is 0.250. The molecule has 0 bridgehead atoms. The van der Waals surface area contributed by atoms with E-state index in [4.69, 9.17) is 10.5 Å². The molecule has 4 N–H and O–H groups in total. The van der Waals surface area contributed by atoms with E-state index >= 15 is 0 Å². The van der Waals surface area contributed by atoms with E-state index in [9.17, 15) is 8.42 Å². The Hall–Kier alpha value is -2.06. The maximum Gasteiger partial charge on any atom is 0.242 e. The molecular weight excluding hydrogens is 280 g/mol. The lowest BCUT2D eigenvalue weighted by Crippen LogP contribution is -2.26. The molecule has 2 aromatic rings. The van der Waals surface area contributed by atoms with E-state index < -0.39 is 10.0 Å². The molecule has 7 nitrogen and oxygen atoms in total. The Kier molecular flexibility index (Phi) is 4.26. The lowest BCUT2D eigenvalue weighted by molar-refractivity contribution is 0.414. The predicted molar refractivity (Wildman–Crippen MR) is 74.9 cm³/mol. The van der Waals surface area contributed by atoms with Crippen molar-refractivity contribution in [1.29, 1.82) is 0 Å². The van der Waals surface area contributed by atoms with Crippen LogP contribution in [0.5, 0.6) is 5.75 Å². The Bertz CT molecular complexity index is 668. The largest absolute Gasteiger partial charge is 0.497 e. The minimum atomic E-state index is -3.63. The van der Waals surface area contributed by atoms with Crippen molar-refractivity contribution in [1.82, 2.24) is 14.7 Å². The van der Waals surface area contributed by atoms with Crippen LogP contribution in [0.25, 0.3) is 0 Å². The molecule has 0 saturated carbocycles. The highest BCUT2D eigenvalue weighted by Gasteiger charge is 2.17. The molecular formula is C12H16N4O3S. The van der Waals surface area contributed by atoms with Gasteiger partial charge in [-0.25, -0.2) is 18.1 Å². The number of rotatable bonds is 6. The van der Waals surface area contributed by atoms with Crippen LogP contribution < -0.4 is 15.2 Å². The number of nitrogens with zero attached hydrogens (tertiary/aromatic N) is 1. The van der Waals surface area contributed by atoms with Gasteiger partial charge in [0.1, 0.15) is 10.6 Å². The van der Waals surface area contributed by atoms with Crippen molar-refractivity contribution in [3.05, 3.63) is 36.4 Å². The first-order valence-corrected chi connectivity index (χ1v) is 7.41. The van der Waals surface area contributed by atoms with Gasteiger partial charge in [-0.15, -0.1) is 0 Å². The van der Waals surface area contributed by atoms with E-state index in [2.05, 4.69) is 14.7 Å². The van der Waals surface area contributed by atoms with Gasteiger partial charge in [0.2, 0.25) is 10.0 Å². The Morgan fingerprint density at radius 3 is 2.85 bits per heavy atom.